The number of hydrogen-bond acceptors (Lipinski definition) is 1. The van der Waals surface area contributed by atoms with E-state index in [9.17, 15) is 0 Å². The highest BCUT2D eigenvalue weighted by molar-refractivity contribution is 6.15. The summed E-state index contributed by atoms with van der Waals surface area (Å²) in [7, 11) is 8.00. The molecular weight excluding hydrogens is 195 g/mol. The van der Waals surface area contributed by atoms with Gasteiger partial charge in [0.15, 0.2) is 0 Å². The van der Waals surface area contributed by atoms with Gasteiger partial charge in [0, 0.05) is 17.1 Å². The quantitative estimate of drug-likeness (QED) is 0.749. The molecule has 2 nitrogen and oxygen atoms in total. The number of likely N-dealkylation sites (N-methyl/N-ethyl adjacent to an activating group) is 1. The van der Waals surface area contributed by atoms with Gasteiger partial charge in [0.2, 0.25) is 0 Å². The van der Waals surface area contributed by atoms with Crippen LogP contribution in [0.15, 0.2) is 24.4 Å². The molecule has 0 amide bonds. The molecule has 2 N–H and O–H groups in total. The van der Waals surface area contributed by atoms with Crippen molar-refractivity contribution in [3.8, 4) is 0 Å². The second-order valence-electron chi connectivity index (χ2n) is 4.71. The van der Waals surface area contributed by atoms with Gasteiger partial charge in [-0.15, -0.1) is 0 Å². The third-order valence-corrected chi connectivity index (χ3v) is 3.05. The molecule has 82 valence electrons. The van der Waals surface area contributed by atoms with Gasteiger partial charge in [-0.25, -0.2) is 0 Å². The Kier molecular flexibility index (Phi) is 2.81. The predicted molar refractivity (Wildman–Crippen MR) is 70.0 cm³/mol. The molecule has 0 saturated heterocycles. The zero-order chi connectivity index (χ0) is 11.8. The summed E-state index contributed by atoms with van der Waals surface area (Å²) in [6.45, 7) is 4.11. The summed E-state index contributed by atoms with van der Waals surface area (Å²) in [5.41, 5.74) is 3.35. The summed E-state index contributed by atoms with van der Waals surface area (Å²) in [6.07, 6.45) is 2.86. The number of benzene rings is 1. The van der Waals surface area contributed by atoms with Crippen molar-refractivity contribution >= 4 is 18.7 Å². The number of aromatic nitrogens is 1. The number of nitrogens with one attached hydrogen (secondary N) is 2. The second-order valence-corrected chi connectivity index (χ2v) is 4.71. The van der Waals surface area contributed by atoms with Gasteiger partial charge in [-0.3, -0.25) is 0 Å². The Morgan fingerprint density at radius 3 is 2.88 bits per heavy atom. The van der Waals surface area contributed by atoms with Crippen molar-refractivity contribution in [3.05, 3.63) is 35.5 Å². The van der Waals surface area contributed by atoms with Crippen LogP contribution in [0.2, 0.25) is 0 Å². The van der Waals surface area contributed by atoms with Gasteiger partial charge in [0.05, 0.1) is 7.85 Å². The Morgan fingerprint density at radius 2 is 2.19 bits per heavy atom. The minimum atomic E-state index is -0.362. The van der Waals surface area contributed by atoms with Crippen LogP contribution >= 0.6 is 0 Å². The number of aromatic amines is 1. The third-order valence-electron chi connectivity index (χ3n) is 3.05. The molecule has 2 radical (unpaired) electrons. The van der Waals surface area contributed by atoms with Crippen LogP contribution in [0.3, 0.4) is 0 Å². The molecule has 3 heteroatoms. The van der Waals surface area contributed by atoms with Gasteiger partial charge in [-0.2, -0.15) is 0 Å². The summed E-state index contributed by atoms with van der Waals surface area (Å²) in [5, 5.41) is 4.39. The lowest BCUT2D eigenvalue weighted by Crippen LogP contribution is -2.42. The molecule has 1 atom stereocenters. The predicted octanol–water partition coefficient (Wildman–Crippen LogP) is 2.12. The Balaban J connectivity index is 2.41. The third kappa shape index (κ3) is 2.14. The molecule has 1 heterocycles. The number of hydrogen-bond donors (Lipinski definition) is 2. The Labute approximate surface area is 97.8 Å². The fourth-order valence-electron chi connectivity index (χ4n) is 1.92. The second kappa shape index (κ2) is 3.98. The normalized spacial score (nSPS) is 15.2. The Bertz CT molecular complexity index is 500. The van der Waals surface area contributed by atoms with E-state index in [1.807, 2.05) is 20.2 Å². The van der Waals surface area contributed by atoms with Crippen molar-refractivity contribution < 1.29 is 0 Å². The summed E-state index contributed by atoms with van der Waals surface area (Å²) >= 11 is 0. The molecule has 1 aromatic heterocycles. The molecule has 1 unspecified atom stereocenters. The van der Waals surface area contributed by atoms with Crippen molar-refractivity contribution in [2.24, 2.45) is 0 Å². The van der Waals surface area contributed by atoms with Gasteiger partial charge >= 0.3 is 0 Å². The van der Waals surface area contributed by atoms with Crippen molar-refractivity contribution in [1.82, 2.24) is 10.3 Å². The van der Waals surface area contributed by atoms with E-state index in [1.54, 1.807) is 0 Å². The highest BCUT2D eigenvalue weighted by atomic mass is 14.9. The molecule has 0 aliphatic carbocycles. The standard InChI is InChI=1S/C13H17BN2/c1-9-4-5-12-11(6-9)10(8-16-12)7-13(2,14)15-3/h4-6,8,15-16H,7H2,1-3H3. The fraction of sp³-hybridized carbons (Fsp3) is 0.385. The van der Waals surface area contributed by atoms with Crippen LogP contribution in [0.25, 0.3) is 10.9 Å². The van der Waals surface area contributed by atoms with E-state index >= 15 is 0 Å². The van der Waals surface area contributed by atoms with Gasteiger partial charge < -0.3 is 10.3 Å². The van der Waals surface area contributed by atoms with E-state index in [2.05, 4.69) is 35.4 Å². The van der Waals surface area contributed by atoms with Crippen LogP contribution in [-0.4, -0.2) is 25.3 Å². The molecule has 16 heavy (non-hydrogen) atoms. The zero-order valence-corrected chi connectivity index (χ0v) is 10.1. The maximum atomic E-state index is 6.11. The van der Waals surface area contributed by atoms with Crippen LogP contribution in [0.4, 0.5) is 0 Å². The van der Waals surface area contributed by atoms with Gasteiger partial charge in [-0.05, 0) is 43.5 Å². The maximum absolute atomic E-state index is 6.11. The average Bonchev–Trinajstić information content (AvgIpc) is 2.61. The number of rotatable bonds is 3. The van der Waals surface area contributed by atoms with E-state index in [1.165, 1.54) is 22.0 Å². The van der Waals surface area contributed by atoms with Crippen LogP contribution in [0.1, 0.15) is 18.1 Å². The first kappa shape index (κ1) is 11.3. The molecule has 1 aromatic carbocycles. The van der Waals surface area contributed by atoms with E-state index in [4.69, 9.17) is 7.85 Å². The Hall–Kier alpha value is -1.22. The first-order valence-electron chi connectivity index (χ1n) is 5.56. The van der Waals surface area contributed by atoms with Gasteiger partial charge in [0.25, 0.3) is 0 Å². The van der Waals surface area contributed by atoms with Crippen molar-refractivity contribution in [2.75, 3.05) is 7.05 Å². The Morgan fingerprint density at radius 1 is 1.44 bits per heavy atom. The van der Waals surface area contributed by atoms with Crippen LogP contribution in [0.5, 0.6) is 0 Å². The highest BCUT2D eigenvalue weighted by Crippen LogP contribution is 2.22. The fourth-order valence-corrected chi connectivity index (χ4v) is 1.92. The molecule has 0 bridgehead atoms. The number of fused-ring (bicyclic) bond motifs is 1. The van der Waals surface area contributed by atoms with Gasteiger partial charge in [-0.1, -0.05) is 18.6 Å². The highest BCUT2D eigenvalue weighted by Gasteiger charge is 2.17. The van der Waals surface area contributed by atoms with Crippen LogP contribution in [0, 0.1) is 6.92 Å². The van der Waals surface area contributed by atoms with E-state index in [0.717, 1.165) is 6.42 Å². The largest absolute Gasteiger partial charge is 0.361 e. The smallest absolute Gasteiger partial charge is 0.0954 e. The van der Waals surface area contributed by atoms with E-state index < -0.39 is 0 Å². The lowest BCUT2D eigenvalue weighted by atomic mass is 9.75. The summed E-state index contributed by atoms with van der Waals surface area (Å²) in [4.78, 5) is 3.28. The number of H-pyrrole nitrogens is 1. The molecular formula is C13H17BN2. The van der Waals surface area contributed by atoms with Crippen molar-refractivity contribution in [1.29, 1.82) is 0 Å². The molecule has 0 aliphatic heterocycles. The molecule has 0 saturated carbocycles. The first-order chi connectivity index (χ1) is 7.52. The number of aryl methyl sites for hydroxylation is 1. The summed E-state index contributed by atoms with van der Waals surface area (Å²) < 4.78 is 0. The minimum Gasteiger partial charge on any atom is -0.361 e. The van der Waals surface area contributed by atoms with E-state index in [0.29, 0.717) is 0 Å². The SMILES string of the molecule is [B]C(C)(Cc1c[nH]c2ccc(C)cc12)NC. The van der Waals surface area contributed by atoms with Gasteiger partial charge in [0.1, 0.15) is 0 Å². The lowest BCUT2D eigenvalue weighted by molar-refractivity contribution is 0.540. The topological polar surface area (TPSA) is 27.8 Å². The lowest BCUT2D eigenvalue weighted by Gasteiger charge is -2.24. The molecule has 0 spiro atoms. The molecule has 2 rings (SSSR count). The molecule has 0 aliphatic rings. The molecule has 2 aromatic rings. The van der Waals surface area contributed by atoms with Crippen molar-refractivity contribution in [2.45, 2.75) is 25.7 Å². The minimum absolute atomic E-state index is 0.362. The van der Waals surface area contributed by atoms with Crippen molar-refractivity contribution in [3.63, 3.8) is 0 Å². The van der Waals surface area contributed by atoms with Crippen LogP contribution in [-0.2, 0) is 6.42 Å². The summed E-state index contributed by atoms with van der Waals surface area (Å²) in [6, 6.07) is 6.43. The summed E-state index contributed by atoms with van der Waals surface area (Å²) in [5.74, 6) is 0. The zero-order valence-electron chi connectivity index (χ0n) is 10.1. The maximum Gasteiger partial charge on any atom is 0.0954 e. The first-order valence-corrected chi connectivity index (χ1v) is 5.56. The average molecular weight is 212 g/mol. The monoisotopic (exact) mass is 212 g/mol. The molecule has 0 fully saturated rings. The van der Waals surface area contributed by atoms with Crippen LogP contribution < -0.4 is 5.32 Å². The van der Waals surface area contributed by atoms with E-state index in [-0.39, 0.29) is 5.44 Å².